The Kier molecular flexibility index (Phi) is 4.33. The summed E-state index contributed by atoms with van der Waals surface area (Å²) in [6.07, 6.45) is 3.35. The number of aromatic nitrogens is 2. The third-order valence-corrected chi connectivity index (χ3v) is 5.12. The molecule has 1 aliphatic rings. The van der Waals surface area contributed by atoms with Crippen molar-refractivity contribution >= 4 is 33.3 Å². The summed E-state index contributed by atoms with van der Waals surface area (Å²) in [6.45, 7) is 0.959. The number of hydrogen-bond acceptors (Lipinski definition) is 2. The number of nitrogens with one attached hydrogen (secondary N) is 1. The predicted molar refractivity (Wildman–Crippen MR) is 103 cm³/mol. The van der Waals surface area contributed by atoms with E-state index in [9.17, 15) is 0 Å². The Morgan fingerprint density at radius 3 is 2.79 bits per heavy atom. The van der Waals surface area contributed by atoms with Gasteiger partial charge in [-0.2, -0.15) is 5.10 Å². The van der Waals surface area contributed by atoms with Gasteiger partial charge < -0.3 is 5.32 Å². The molecule has 1 aliphatic heterocycles. The molecule has 2 aromatic carbocycles. The van der Waals surface area contributed by atoms with E-state index in [1.165, 1.54) is 5.56 Å². The average molecular weight is 403 g/mol. The Morgan fingerprint density at radius 2 is 1.96 bits per heavy atom. The summed E-state index contributed by atoms with van der Waals surface area (Å²) in [5, 5.41) is 9.18. The van der Waals surface area contributed by atoms with Crippen LogP contribution in [0.3, 0.4) is 0 Å². The molecule has 0 spiro atoms. The van der Waals surface area contributed by atoms with E-state index < -0.39 is 0 Å². The Hall–Kier alpha value is -1.78. The molecule has 0 amide bonds. The number of fused-ring (bicyclic) bond motifs is 1. The molecule has 0 bridgehead atoms. The predicted octanol–water partition coefficient (Wildman–Crippen LogP) is 5.70. The maximum atomic E-state index is 6.43. The summed E-state index contributed by atoms with van der Waals surface area (Å²) < 4.78 is 3.02. The largest absolute Gasteiger partial charge is 0.370 e. The quantitative estimate of drug-likeness (QED) is 0.595. The first-order chi connectivity index (χ1) is 11.7. The molecular formula is C19H17BrClN3. The number of anilines is 1. The lowest BCUT2D eigenvalue weighted by molar-refractivity contribution is 0.780. The van der Waals surface area contributed by atoms with E-state index in [0.717, 1.165) is 53.0 Å². The molecule has 1 aromatic heterocycles. The lowest BCUT2D eigenvalue weighted by Crippen LogP contribution is -2.07. The van der Waals surface area contributed by atoms with Crippen LogP contribution < -0.4 is 5.32 Å². The van der Waals surface area contributed by atoms with Gasteiger partial charge in [0.25, 0.3) is 0 Å². The highest BCUT2D eigenvalue weighted by molar-refractivity contribution is 9.10. The van der Waals surface area contributed by atoms with Crippen LogP contribution in [0.25, 0.3) is 16.9 Å². The van der Waals surface area contributed by atoms with Crippen molar-refractivity contribution in [3.05, 3.63) is 63.6 Å². The van der Waals surface area contributed by atoms with Crippen molar-refractivity contribution in [1.29, 1.82) is 0 Å². The summed E-state index contributed by atoms with van der Waals surface area (Å²) in [4.78, 5) is 0. The van der Waals surface area contributed by atoms with E-state index in [4.69, 9.17) is 16.7 Å². The van der Waals surface area contributed by atoms with Crippen molar-refractivity contribution in [2.75, 3.05) is 11.9 Å². The number of para-hydroxylation sites is 1. The number of nitrogens with zero attached hydrogens (tertiary/aromatic N) is 2. The Balaban J connectivity index is 1.94. The van der Waals surface area contributed by atoms with Crippen LogP contribution in [0.5, 0.6) is 0 Å². The lowest BCUT2D eigenvalue weighted by atomic mass is 10.0. The fraction of sp³-hybridized carbons (Fsp3) is 0.211. The van der Waals surface area contributed by atoms with Crippen molar-refractivity contribution in [3.63, 3.8) is 0 Å². The van der Waals surface area contributed by atoms with Gasteiger partial charge in [0, 0.05) is 22.1 Å². The molecule has 2 heterocycles. The smallest absolute Gasteiger partial charge is 0.133 e. The highest BCUT2D eigenvalue weighted by atomic mass is 79.9. The molecule has 3 nitrogen and oxygen atoms in total. The first-order valence-electron chi connectivity index (χ1n) is 8.10. The Bertz CT molecular complexity index is 888. The highest BCUT2D eigenvalue weighted by Crippen LogP contribution is 2.36. The van der Waals surface area contributed by atoms with Gasteiger partial charge in [-0.25, -0.2) is 4.68 Å². The third kappa shape index (κ3) is 2.85. The second-order valence-electron chi connectivity index (χ2n) is 5.93. The first kappa shape index (κ1) is 15.7. The van der Waals surface area contributed by atoms with Crippen LogP contribution in [-0.2, 0) is 6.42 Å². The minimum Gasteiger partial charge on any atom is -0.370 e. The van der Waals surface area contributed by atoms with Crippen LogP contribution in [-0.4, -0.2) is 16.3 Å². The van der Waals surface area contributed by atoms with Gasteiger partial charge in [-0.3, -0.25) is 0 Å². The van der Waals surface area contributed by atoms with E-state index >= 15 is 0 Å². The molecule has 0 fully saturated rings. The normalized spacial score (nSPS) is 13.9. The zero-order chi connectivity index (χ0) is 16.5. The molecule has 0 unspecified atom stereocenters. The van der Waals surface area contributed by atoms with Crippen LogP contribution in [0.15, 0.2) is 53.0 Å². The molecule has 3 aromatic rings. The number of benzene rings is 2. The second-order valence-corrected chi connectivity index (χ2v) is 7.26. The molecule has 4 rings (SSSR count). The zero-order valence-electron chi connectivity index (χ0n) is 13.1. The molecule has 0 atom stereocenters. The maximum absolute atomic E-state index is 6.43. The van der Waals surface area contributed by atoms with Crippen molar-refractivity contribution in [2.24, 2.45) is 0 Å². The molecule has 0 radical (unpaired) electrons. The lowest BCUT2D eigenvalue weighted by Gasteiger charge is -2.10. The average Bonchev–Trinajstić information content (AvgIpc) is 2.77. The van der Waals surface area contributed by atoms with Gasteiger partial charge in [-0.1, -0.05) is 51.8 Å². The molecule has 1 N–H and O–H groups in total. The summed E-state index contributed by atoms with van der Waals surface area (Å²) in [5.74, 6) is 1.07. The number of rotatable bonds is 2. The second kappa shape index (κ2) is 6.61. The van der Waals surface area contributed by atoms with E-state index in [0.29, 0.717) is 5.02 Å². The van der Waals surface area contributed by atoms with Crippen molar-refractivity contribution in [1.82, 2.24) is 9.78 Å². The summed E-state index contributed by atoms with van der Waals surface area (Å²) in [5.41, 5.74) is 4.33. The van der Waals surface area contributed by atoms with Crippen LogP contribution >= 0.6 is 27.5 Å². The Morgan fingerprint density at radius 1 is 1.08 bits per heavy atom. The van der Waals surface area contributed by atoms with Gasteiger partial charge in [0.05, 0.1) is 16.4 Å². The fourth-order valence-corrected chi connectivity index (χ4v) is 3.78. The van der Waals surface area contributed by atoms with Crippen LogP contribution in [0, 0.1) is 0 Å². The SMILES string of the molecule is Clc1ccccc1-n1nc(-c2cccc(Br)c2)c2c1NCCCC2. The van der Waals surface area contributed by atoms with E-state index in [1.54, 1.807) is 0 Å². The zero-order valence-corrected chi connectivity index (χ0v) is 15.4. The summed E-state index contributed by atoms with van der Waals surface area (Å²) in [6, 6.07) is 16.1. The van der Waals surface area contributed by atoms with Crippen molar-refractivity contribution < 1.29 is 0 Å². The van der Waals surface area contributed by atoms with Gasteiger partial charge in [-0.15, -0.1) is 0 Å². The summed E-state index contributed by atoms with van der Waals surface area (Å²) >= 11 is 9.99. The van der Waals surface area contributed by atoms with E-state index in [2.05, 4.69) is 33.4 Å². The minimum absolute atomic E-state index is 0.703. The van der Waals surface area contributed by atoms with Gasteiger partial charge in [0.2, 0.25) is 0 Å². The molecule has 0 saturated carbocycles. The van der Waals surface area contributed by atoms with Gasteiger partial charge in [0.15, 0.2) is 0 Å². The molecule has 0 saturated heterocycles. The topological polar surface area (TPSA) is 29.9 Å². The fourth-order valence-electron chi connectivity index (χ4n) is 3.17. The van der Waals surface area contributed by atoms with Crippen molar-refractivity contribution in [3.8, 4) is 16.9 Å². The highest BCUT2D eigenvalue weighted by Gasteiger charge is 2.22. The van der Waals surface area contributed by atoms with E-state index in [1.807, 2.05) is 41.1 Å². The number of hydrogen-bond donors (Lipinski definition) is 1. The maximum Gasteiger partial charge on any atom is 0.133 e. The molecule has 24 heavy (non-hydrogen) atoms. The monoisotopic (exact) mass is 401 g/mol. The molecule has 0 aliphatic carbocycles. The number of halogens is 2. The summed E-state index contributed by atoms with van der Waals surface area (Å²) in [7, 11) is 0. The van der Waals surface area contributed by atoms with Crippen molar-refractivity contribution in [2.45, 2.75) is 19.3 Å². The van der Waals surface area contributed by atoms with Gasteiger partial charge in [-0.05, 0) is 43.5 Å². The third-order valence-electron chi connectivity index (χ3n) is 4.31. The van der Waals surface area contributed by atoms with Gasteiger partial charge >= 0.3 is 0 Å². The Labute approximate surface area is 154 Å². The molecule has 122 valence electrons. The molecular weight excluding hydrogens is 386 g/mol. The molecule has 5 heteroatoms. The van der Waals surface area contributed by atoms with Crippen LogP contribution in [0.2, 0.25) is 5.02 Å². The van der Waals surface area contributed by atoms with Gasteiger partial charge in [0.1, 0.15) is 5.82 Å². The standard InChI is InChI=1S/C19H17BrClN3/c20-14-7-5-6-13(12-14)18-15-8-3-4-11-22-19(15)24(23-18)17-10-2-1-9-16(17)21/h1-2,5-7,9-10,12,22H,3-4,8,11H2. The minimum atomic E-state index is 0.703. The van der Waals surface area contributed by atoms with Crippen LogP contribution in [0.1, 0.15) is 18.4 Å². The first-order valence-corrected chi connectivity index (χ1v) is 9.28. The van der Waals surface area contributed by atoms with E-state index in [-0.39, 0.29) is 0 Å². The van der Waals surface area contributed by atoms with Crippen LogP contribution in [0.4, 0.5) is 5.82 Å².